The maximum absolute atomic E-state index is 12.5. The Bertz CT molecular complexity index is 687. The number of rotatable bonds is 6. The van der Waals surface area contributed by atoms with Crippen LogP contribution >= 0.6 is 0 Å². The normalized spacial score (nSPS) is 21.4. The van der Waals surface area contributed by atoms with Crippen molar-refractivity contribution in [2.75, 3.05) is 13.2 Å². The first kappa shape index (κ1) is 20.6. The van der Waals surface area contributed by atoms with E-state index in [1.54, 1.807) is 0 Å². The van der Waals surface area contributed by atoms with Crippen LogP contribution in [0.3, 0.4) is 0 Å². The van der Waals surface area contributed by atoms with Crippen LogP contribution in [0.4, 0.5) is 9.59 Å². The number of carbonyl (C=O) groups is 2. The second-order valence-corrected chi connectivity index (χ2v) is 7.79. The molecule has 8 heteroatoms. The number of benzene rings is 1. The Kier molecular flexibility index (Phi) is 6.53. The zero-order valence-corrected chi connectivity index (χ0v) is 16.6. The van der Waals surface area contributed by atoms with Gasteiger partial charge in [-0.1, -0.05) is 38.1 Å². The molecule has 0 spiro atoms. The van der Waals surface area contributed by atoms with E-state index in [4.69, 9.17) is 4.74 Å². The molecule has 28 heavy (non-hydrogen) atoms. The van der Waals surface area contributed by atoms with Crippen molar-refractivity contribution in [2.45, 2.75) is 58.1 Å². The summed E-state index contributed by atoms with van der Waals surface area (Å²) in [5, 5.41) is 19.1. The van der Waals surface area contributed by atoms with Gasteiger partial charge in [-0.15, -0.1) is 0 Å². The molecular formula is C20H30N4O4. The van der Waals surface area contributed by atoms with Gasteiger partial charge in [0.2, 0.25) is 0 Å². The van der Waals surface area contributed by atoms with Crippen LogP contribution in [0.2, 0.25) is 0 Å². The fourth-order valence-corrected chi connectivity index (χ4v) is 3.62. The molecule has 1 aromatic carbocycles. The molecule has 0 saturated carbocycles. The lowest BCUT2D eigenvalue weighted by atomic mass is 9.96. The fraction of sp³-hybridized carbons (Fsp3) is 0.600. The Morgan fingerprint density at radius 1 is 1.11 bits per heavy atom. The number of urea groups is 2. The lowest BCUT2D eigenvalue weighted by Gasteiger charge is -2.39. The Morgan fingerprint density at radius 3 is 2.32 bits per heavy atom. The largest absolute Gasteiger partial charge is 0.388 e. The molecule has 3 rings (SSSR count). The number of aliphatic hydroxyl groups excluding tert-OH is 1. The van der Waals surface area contributed by atoms with Crippen LogP contribution in [0.5, 0.6) is 0 Å². The molecule has 2 aliphatic heterocycles. The topological polar surface area (TPSA) is 103 Å². The van der Waals surface area contributed by atoms with Crippen molar-refractivity contribution >= 4 is 12.1 Å². The SMILES string of the molecule is CC(C)[C@@H](O)c1cccc([C@H](C)NC2NC(=O)N(C3CCOCC3)C(=O)N2)c1. The summed E-state index contributed by atoms with van der Waals surface area (Å²) in [5.74, 6) is 0.117. The number of hydrogen-bond donors (Lipinski definition) is 4. The average molecular weight is 390 g/mol. The van der Waals surface area contributed by atoms with Gasteiger partial charge in [0.05, 0.1) is 6.10 Å². The summed E-state index contributed by atoms with van der Waals surface area (Å²) in [7, 11) is 0. The first-order valence-corrected chi connectivity index (χ1v) is 9.88. The smallest absolute Gasteiger partial charge is 0.328 e. The molecule has 2 atom stereocenters. The van der Waals surface area contributed by atoms with Crippen molar-refractivity contribution in [3.05, 3.63) is 35.4 Å². The quantitative estimate of drug-likeness (QED) is 0.596. The number of aliphatic hydroxyl groups is 1. The maximum atomic E-state index is 12.5. The van der Waals surface area contributed by atoms with Crippen molar-refractivity contribution in [1.82, 2.24) is 20.9 Å². The summed E-state index contributed by atoms with van der Waals surface area (Å²) in [6.07, 6.45) is 0.111. The van der Waals surface area contributed by atoms with Gasteiger partial charge in [0.15, 0.2) is 6.29 Å². The third kappa shape index (κ3) is 4.63. The highest BCUT2D eigenvalue weighted by Crippen LogP contribution is 2.24. The van der Waals surface area contributed by atoms with E-state index in [1.165, 1.54) is 4.90 Å². The first-order valence-electron chi connectivity index (χ1n) is 9.88. The van der Waals surface area contributed by atoms with E-state index in [-0.39, 0.29) is 18.0 Å². The van der Waals surface area contributed by atoms with Crippen LogP contribution in [-0.2, 0) is 4.74 Å². The molecule has 0 aliphatic carbocycles. The maximum Gasteiger partial charge on any atom is 0.328 e. The van der Waals surface area contributed by atoms with E-state index >= 15 is 0 Å². The van der Waals surface area contributed by atoms with E-state index in [0.29, 0.717) is 26.1 Å². The molecule has 0 unspecified atom stereocenters. The van der Waals surface area contributed by atoms with Crippen LogP contribution in [-0.4, -0.2) is 47.6 Å². The predicted molar refractivity (Wildman–Crippen MR) is 104 cm³/mol. The van der Waals surface area contributed by atoms with Gasteiger partial charge >= 0.3 is 12.1 Å². The van der Waals surface area contributed by atoms with Crippen molar-refractivity contribution in [3.8, 4) is 0 Å². The van der Waals surface area contributed by atoms with Crippen molar-refractivity contribution < 1.29 is 19.4 Å². The van der Waals surface area contributed by atoms with Crippen LogP contribution < -0.4 is 16.0 Å². The van der Waals surface area contributed by atoms with Gasteiger partial charge in [-0.05, 0) is 36.8 Å². The number of ether oxygens (including phenoxy) is 1. The molecule has 0 radical (unpaired) electrons. The molecule has 154 valence electrons. The summed E-state index contributed by atoms with van der Waals surface area (Å²) < 4.78 is 5.30. The van der Waals surface area contributed by atoms with E-state index < -0.39 is 24.5 Å². The molecule has 0 aromatic heterocycles. The minimum absolute atomic E-state index is 0.117. The number of amides is 4. The summed E-state index contributed by atoms with van der Waals surface area (Å²) >= 11 is 0. The molecular weight excluding hydrogens is 360 g/mol. The van der Waals surface area contributed by atoms with Crippen molar-refractivity contribution in [1.29, 1.82) is 0 Å². The monoisotopic (exact) mass is 390 g/mol. The Balaban J connectivity index is 1.62. The van der Waals surface area contributed by atoms with Gasteiger partial charge in [-0.3, -0.25) is 5.32 Å². The zero-order valence-electron chi connectivity index (χ0n) is 16.6. The van der Waals surface area contributed by atoms with E-state index in [2.05, 4.69) is 16.0 Å². The minimum atomic E-state index is -0.662. The third-order valence-corrected chi connectivity index (χ3v) is 5.33. The average Bonchev–Trinajstić information content (AvgIpc) is 2.67. The molecule has 1 aromatic rings. The number of nitrogens with one attached hydrogen (secondary N) is 3. The number of carbonyl (C=O) groups excluding carboxylic acids is 2. The van der Waals surface area contributed by atoms with Gasteiger partial charge < -0.3 is 20.5 Å². The predicted octanol–water partition coefficient (Wildman–Crippen LogP) is 2.22. The first-order chi connectivity index (χ1) is 13.4. The lowest BCUT2D eigenvalue weighted by molar-refractivity contribution is 0.0492. The van der Waals surface area contributed by atoms with Crippen LogP contribution in [0, 0.1) is 5.92 Å². The zero-order chi connectivity index (χ0) is 20.3. The Labute approximate surface area is 165 Å². The second-order valence-electron chi connectivity index (χ2n) is 7.79. The molecule has 0 bridgehead atoms. The standard InChI is InChI=1S/C20H30N4O4/c1-12(2)17(25)15-6-4-5-14(11-15)13(3)21-18-22-19(26)24(20(27)23-18)16-7-9-28-10-8-16/h4-6,11-13,16-18,21,25H,7-10H2,1-3H3,(H,22,26)(H,23,27)/t13-,17+/m0/s1. The molecule has 2 saturated heterocycles. The summed E-state index contributed by atoms with van der Waals surface area (Å²) in [6.45, 7) is 6.99. The van der Waals surface area contributed by atoms with Crippen LogP contribution in [0.25, 0.3) is 0 Å². The fourth-order valence-electron chi connectivity index (χ4n) is 3.62. The summed E-state index contributed by atoms with van der Waals surface area (Å²) in [6, 6.07) is 6.63. The Hall–Kier alpha value is -2.16. The number of imide groups is 1. The van der Waals surface area contributed by atoms with Gasteiger partial charge in [-0.2, -0.15) is 0 Å². The lowest BCUT2D eigenvalue weighted by Crippen LogP contribution is -2.70. The summed E-state index contributed by atoms with van der Waals surface area (Å²) in [4.78, 5) is 26.2. The molecule has 8 nitrogen and oxygen atoms in total. The number of hydrogen-bond acceptors (Lipinski definition) is 5. The highest BCUT2D eigenvalue weighted by atomic mass is 16.5. The molecule has 4 amide bonds. The van der Waals surface area contributed by atoms with Crippen molar-refractivity contribution in [3.63, 3.8) is 0 Å². The number of nitrogens with zero attached hydrogens (tertiary/aromatic N) is 1. The summed E-state index contributed by atoms with van der Waals surface area (Å²) in [5.41, 5.74) is 1.82. The second kappa shape index (κ2) is 8.89. The van der Waals surface area contributed by atoms with Crippen molar-refractivity contribution in [2.24, 2.45) is 5.92 Å². The van der Waals surface area contributed by atoms with Gasteiger partial charge in [-0.25, -0.2) is 14.5 Å². The van der Waals surface area contributed by atoms with Gasteiger partial charge in [0, 0.05) is 25.3 Å². The van der Waals surface area contributed by atoms with Crippen LogP contribution in [0.15, 0.2) is 24.3 Å². The molecule has 4 N–H and O–H groups in total. The van der Waals surface area contributed by atoms with E-state index in [0.717, 1.165) is 11.1 Å². The van der Waals surface area contributed by atoms with Crippen LogP contribution in [0.1, 0.15) is 56.9 Å². The molecule has 2 heterocycles. The Morgan fingerprint density at radius 2 is 1.71 bits per heavy atom. The van der Waals surface area contributed by atoms with E-state index in [9.17, 15) is 14.7 Å². The molecule has 2 aliphatic rings. The van der Waals surface area contributed by atoms with Gasteiger partial charge in [0.1, 0.15) is 0 Å². The van der Waals surface area contributed by atoms with E-state index in [1.807, 2.05) is 45.0 Å². The highest BCUT2D eigenvalue weighted by molar-refractivity contribution is 5.96. The van der Waals surface area contributed by atoms with Gasteiger partial charge in [0.25, 0.3) is 0 Å². The highest BCUT2D eigenvalue weighted by Gasteiger charge is 2.37. The minimum Gasteiger partial charge on any atom is -0.388 e. The third-order valence-electron chi connectivity index (χ3n) is 5.33. The molecule has 2 fully saturated rings.